The lowest BCUT2D eigenvalue weighted by Crippen LogP contribution is -2.35. The Morgan fingerprint density at radius 1 is 1.33 bits per heavy atom. The second kappa shape index (κ2) is 6.15. The SMILES string of the molecule is Cc1[nH]nc(C(=O)O)c1S(=O)(=O)NC1CCCC(C)CC1. The fraction of sp³-hybridized carbons (Fsp3) is 0.692. The molecule has 1 aromatic rings. The average molecular weight is 315 g/mol. The second-order valence-corrected chi connectivity index (χ2v) is 7.41. The van der Waals surface area contributed by atoms with Crippen molar-refractivity contribution in [3.63, 3.8) is 0 Å². The number of sulfonamides is 1. The van der Waals surface area contributed by atoms with Gasteiger partial charge in [0, 0.05) is 6.04 Å². The van der Waals surface area contributed by atoms with Crippen LogP contribution in [0.3, 0.4) is 0 Å². The molecule has 0 bridgehead atoms. The number of aromatic nitrogens is 2. The highest BCUT2D eigenvalue weighted by molar-refractivity contribution is 7.89. The first kappa shape index (κ1) is 16.0. The van der Waals surface area contributed by atoms with Gasteiger partial charge in [-0.1, -0.05) is 19.8 Å². The van der Waals surface area contributed by atoms with E-state index in [1.165, 1.54) is 6.92 Å². The summed E-state index contributed by atoms with van der Waals surface area (Å²) in [6.07, 6.45) is 4.61. The summed E-state index contributed by atoms with van der Waals surface area (Å²) in [6, 6.07) is -0.143. The number of rotatable bonds is 4. The molecule has 1 heterocycles. The summed E-state index contributed by atoms with van der Waals surface area (Å²) in [6.45, 7) is 3.67. The fourth-order valence-electron chi connectivity index (χ4n) is 2.78. The quantitative estimate of drug-likeness (QED) is 0.732. The number of carboxylic acids is 1. The van der Waals surface area contributed by atoms with Crippen molar-refractivity contribution >= 4 is 16.0 Å². The predicted molar refractivity (Wildman–Crippen MR) is 76.6 cm³/mol. The van der Waals surface area contributed by atoms with Gasteiger partial charge < -0.3 is 5.11 Å². The molecule has 0 spiro atoms. The fourth-order valence-corrected chi connectivity index (χ4v) is 4.40. The van der Waals surface area contributed by atoms with Crippen LogP contribution in [0.5, 0.6) is 0 Å². The van der Waals surface area contributed by atoms with Gasteiger partial charge in [-0.15, -0.1) is 0 Å². The molecule has 0 radical (unpaired) electrons. The van der Waals surface area contributed by atoms with E-state index in [0.717, 1.165) is 32.1 Å². The zero-order chi connectivity index (χ0) is 15.6. The largest absolute Gasteiger partial charge is 0.476 e. The number of hydrogen-bond donors (Lipinski definition) is 3. The van der Waals surface area contributed by atoms with E-state index >= 15 is 0 Å². The molecule has 8 heteroatoms. The number of aromatic carboxylic acids is 1. The maximum atomic E-state index is 12.5. The lowest BCUT2D eigenvalue weighted by molar-refractivity contribution is 0.0686. The third-order valence-electron chi connectivity index (χ3n) is 3.94. The highest BCUT2D eigenvalue weighted by Gasteiger charge is 2.30. The molecule has 0 saturated heterocycles. The van der Waals surface area contributed by atoms with E-state index in [1.54, 1.807) is 0 Å². The van der Waals surface area contributed by atoms with Crippen molar-refractivity contribution in [2.24, 2.45) is 5.92 Å². The summed E-state index contributed by atoms with van der Waals surface area (Å²) in [7, 11) is -3.88. The van der Waals surface area contributed by atoms with Gasteiger partial charge in [0.1, 0.15) is 4.90 Å². The molecule has 1 aliphatic rings. The molecule has 118 valence electrons. The van der Waals surface area contributed by atoms with E-state index in [2.05, 4.69) is 21.8 Å². The van der Waals surface area contributed by atoms with E-state index < -0.39 is 21.7 Å². The Balaban J connectivity index is 2.22. The van der Waals surface area contributed by atoms with Gasteiger partial charge in [-0.2, -0.15) is 5.10 Å². The maximum absolute atomic E-state index is 12.5. The minimum atomic E-state index is -3.88. The lowest BCUT2D eigenvalue weighted by Gasteiger charge is -2.16. The minimum Gasteiger partial charge on any atom is -0.476 e. The van der Waals surface area contributed by atoms with Crippen LogP contribution in [0.2, 0.25) is 0 Å². The third-order valence-corrected chi connectivity index (χ3v) is 5.62. The molecule has 1 fully saturated rings. The second-order valence-electron chi connectivity index (χ2n) is 5.76. The van der Waals surface area contributed by atoms with E-state index in [4.69, 9.17) is 5.11 Å². The van der Waals surface area contributed by atoms with E-state index in [-0.39, 0.29) is 16.6 Å². The van der Waals surface area contributed by atoms with Crippen LogP contribution in [0.25, 0.3) is 0 Å². The normalized spacial score (nSPS) is 23.7. The highest BCUT2D eigenvalue weighted by Crippen LogP contribution is 2.25. The van der Waals surface area contributed by atoms with Crippen molar-refractivity contribution in [2.45, 2.75) is 56.9 Å². The Bertz CT molecular complexity index is 623. The standard InChI is InChI=1S/C13H21N3O4S/c1-8-4-3-5-10(7-6-8)16-21(19,20)12-9(2)14-15-11(12)13(17)18/h8,10,16H,3-7H2,1-2H3,(H,14,15)(H,17,18). The number of carbonyl (C=O) groups is 1. The first-order chi connectivity index (χ1) is 9.81. The zero-order valence-corrected chi connectivity index (χ0v) is 13.0. The maximum Gasteiger partial charge on any atom is 0.357 e. The van der Waals surface area contributed by atoms with Crippen molar-refractivity contribution in [3.05, 3.63) is 11.4 Å². The van der Waals surface area contributed by atoms with Gasteiger partial charge in [0.05, 0.1) is 5.69 Å². The number of carboxylic acid groups (broad SMARTS) is 1. The first-order valence-corrected chi connectivity index (χ1v) is 8.60. The smallest absolute Gasteiger partial charge is 0.357 e. The van der Waals surface area contributed by atoms with Crippen molar-refractivity contribution in [1.29, 1.82) is 0 Å². The Morgan fingerprint density at radius 2 is 2.05 bits per heavy atom. The van der Waals surface area contributed by atoms with Gasteiger partial charge in [-0.3, -0.25) is 5.10 Å². The van der Waals surface area contributed by atoms with Crippen molar-refractivity contribution in [2.75, 3.05) is 0 Å². The highest BCUT2D eigenvalue weighted by atomic mass is 32.2. The van der Waals surface area contributed by atoms with E-state index in [0.29, 0.717) is 5.92 Å². The number of aromatic amines is 1. The summed E-state index contributed by atoms with van der Waals surface area (Å²) < 4.78 is 27.6. The van der Waals surface area contributed by atoms with Crippen LogP contribution in [0.4, 0.5) is 0 Å². The number of aryl methyl sites for hydroxylation is 1. The number of nitrogens with one attached hydrogen (secondary N) is 2. The molecule has 2 unspecified atom stereocenters. The van der Waals surface area contributed by atoms with Gasteiger partial charge >= 0.3 is 5.97 Å². The number of nitrogens with zero attached hydrogens (tertiary/aromatic N) is 1. The Hall–Kier alpha value is -1.41. The molecule has 1 aromatic heterocycles. The molecule has 3 N–H and O–H groups in total. The topological polar surface area (TPSA) is 112 Å². The van der Waals surface area contributed by atoms with Crippen LogP contribution in [-0.2, 0) is 10.0 Å². The van der Waals surface area contributed by atoms with Crippen molar-refractivity contribution in [1.82, 2.24) is 14.9 Å². The van der Waals surface area contributed by atoms with Crippen LogP contribution in [0.1, 0.15) is 55.2 Å². The Labute approximate surface area is 124 Å². The Morgan fingerprint density at radius 3 is 2.71 bits per heavy atom. The molecule has 0 aliphatic heterocycles. The summed E-state index contributed by atoms with van der Waals surface area (Å²) in [5.74, 6) is -0.751. The van der Waals surface area contributed by atoms with Gasteiger partial charge in [0.25, 0.3) is 0 Å². The minimum absolute atomic E-state index is 0.143. The predicted octanol–water partition coefficient (Wildman–Crippen LogP) is 1.66. The van der Waals surface area contributed by atoms with Crippen LogP contribution < -0.4 is 4.72 Å². The average Bonchev–Trinajstić information content (AvgIpc) is 2.67. The molecule has 0 amide bonds. The van der Waals surface area contributed by atoms with Gasteiger partial charge in [-0.25, -0.2) is 17.9 Å². The molecule has 1 aliphatic carbocycles. The number of hydrogen-bond acceptors (Lipinski definition) is 4. The van der Waals surface area contributed by atoms with Crippen molar-refractivity contribution in [3.8, 4) is 0 Å². The molecule has 7 nitrogen and oxygen atoms in total. The van der Waals surface area contributed by atoms with Crippen LogP contribution in [0, 0.1) is 12.8 Å². The summed E-state index contributed by atoms with van der Waals surface area (Å²) in [5.41, 5.74) is -0.219. The monoisotopic (exact) mass is 315 g/mol. The van der Waals surface area contributed by atoms with Crippen LogP contribution in [0.15, 0.2) is 4.90 Å². The molecule has 0 aromatic carbocycles. The number of H-pyrrole nitrogens is 1. The van der Waals surface area contributed by atoms with Gasteiger partial charge in [0.15, 0.2) is 5.69 Å². The first-order valence-electron chi connectivity index (χ1n) is 7.12. The van der Waals surface area contributed by atoms with Gasteiger partial charge in [-0.05, 0) is 32.1 Å². The summed E-state index contributed by atoms with van der Waals surface area (Å²) in [4.78, 5) is 10.8. The molecule has 2 rings (SSSR count). The zero-order valence-electron chi connectivity index (χ0n) is 12.2. The van der Waals surface area contributed by atoms with Crippen LogP contribution in [-0.4, -0.2) is 35.7 Å². The lowest BCUT2D eigenvalue weighted by atomic mass is 10.0. The third kappa shape index (κ3) is 3.62. The summed E-state index contributed by atoms with van der Waals surface area (Å²) in [5, 5.41) is 15.0. The van der Waals surface area contributed by atoms with Crippen molar-refractivity contribution < 1.29 is 18.3 Å². The summed E-state index contributed by atoms with van der Waals surface area (Å²) >= 11 is 0. The van der Waals surface area contributed by atoms with Crippen LogP contribution >= 0.6 is 0 Å². The molecule has 1 saturated carbocycles. The van der Waals surface area contributed by atoms with Gasteiger partial charge in [0.2, 0.25) is 10.0 Å². The molecule has 2 atom stereocenters. The molecular weight excluding hydrogens is 294 g/mol. The Kier molecular flexibility index (Phi) is 4.67. The van der Waals surface area contributed by atoms with E-state index in [9.17, 15) is 13.2 Å². The molecular formula is C13H21N3O4S. The molecule has 21 heavy (non-hydrogen) atoms. The van der Waals surface area contributed by atoms with E-state index in [1.807, 2.05) is 0 Å².